The highest BCUT2D eigenvalue weighted by Crippen LogP contribution is 2.40. The number of aromatic amines is 1. The molecule has 2 fully saturated rings. The zero-order chi connectivity index (χ0) is 33.8. The number of hydrogen-bond acceptors (Lipinski definition) is 9. The number of H-pyrrole nitrogens is 1. The molecule has 48 heavy (non-hydrogen) atoms. The topological polar surface area (TPSA) is 129 Å². The van der Waals surface area contributed by atoms with Crippen LogP contribution < -0.4 is 10.2 Å². The molecule has 4 atom stereocenters. The average molecular weight is 688 g/mol. The van der Waals surface area contributed by atoms with E-state index in [1.54, 1.807) is 11.6 Å². The van der Waals surface area contributed by atoms with Crippen molar-refractivity contribution in [1.29, 1.82) is 0 Å². The second kappa shape index (κ2) is 12.8. The number of hydrogen-bond donors (Lipinski definition) is 3. The van der Waals surface area contributed by atoms with Crippen LogP contribution in [0.2, 0.25) is 0 Å². The number of nitrogens with zero attached hydrogens (tertiary/aromatic N) is 5. The average Bonchev–Trinajstić information content (AvgIpc) is 3.66. The lowest BCUT2D eigenvalue weighted by Crippen LogP contribution is -2.51. The lowest BCUT2D eigenvalue weighted by molar-refractivity contribution is -0.137. The van der Waals surface area contributed by atoms with Gasteiger partial charge in [-0.15, -0.1) is 0 Å². The monoisotopic (exact) mass is 687 g/mol. The van der Waals surface area contributed by atoms with E-state index in [1.165, 1.54) is 18.4 Å². The van der Waals surface area contributed by atoms with Crippen molar-refractivity contribution in [2.75, 3.05) is 57.1 Å². The van der Waals surface area contributed by atoms with Crippen molar-refractivity contribution in [3.8, 4) is 11.3 Å². The molecule has 258 valence electrons. The third-order valence-corrected chi connectivity index (χ3v) is 11.5. The molecule has 0 radical (unpaired) electrons. The minimum Gasteiger partial charge on any atom is -0.390 e. The largest absolute Gasteiger partial charge is 0.416 e. The van der Waals surface area contributed by atoms with Crippen LogP contribution in [0.5, 0.6) is 0 Å². The highest BCUT2D eigenvalue weighted by molar-refractivity contribution is 7.91. The number of piperidine rings is 1. The Bertz CT molecular complexity index is 1890. The number of halogens is 3. The number of pyridine rings is 1. The van der Waals surface area contributed by atoms with Crippen molar-refractivity contribution < 1.29 is 31.4 Å². The molecule has 3 N–H and O–H groups in total. The van der Waals surface area contributed by atoms with Gasteiger partial charge in [0, 0.05) is 98.5 Å². The molecule has 4 unspecified atom stereocenters. The van der Waals surface area contributed by atoms with Crippen LogP contribution in [0.4, 0.5) is 19.0 Å². The number of aliphatic hydroxyl groups excluding tert-OH is 1. The summed E-state index contributed by atoms with van der Waals surface area (Å²) in [6.45, 7) is 6.30. The SMILES string of the molecule is CC(O)C(N1CCC(c2c[nH]c3cc(N4CCOCC4)ncc23)C(S(C)(=O)=O)C1)n1nc(-c2ccc(C(F)(F)F)cc2)c2c1CCNC2. The molecule has 3 aromatic heterocycles. The van der Waals surface area contributed by atoms with Crippen LogP contribution >= 0.6 is 0 Å². The molecule has 11 nitrogen and oxygen atoms in total. The van der Waals surface area contributed by atoms with Gasteiger partial charge in [0.1, 0.15) is 12.0 Å². The van der Waals surface area contributed by atoms with Crippen LogP contribution in [0.3, 0.4) is 0 Å². The van der Waals surface area contributed by atoms with E-state index in [-0.39, 0.29) is 12.5 Å². The van der Waals surface area contributed by atoms with Crippen LogP contribution in [0, 0.1) is 0 Å². The number of sulfone groups is 1. The fourth-order valence-electron chi connectivity index (χ4n) is 7.58. The summed E-state index contributed by atoms with van der Waals surface area (Å²) in [6.07, 6.45) is 0.0645. The van der Waals surface area contributed by atoms with Crippen molar-refractivity contribution in [2.24, 2.45) is 0 Å². The minimum absolute atomic E-state index is 0.174. The van der Waals surface area contributed by atoms with Crippen molar-refractivity contribution >= 4 is 26.6 Å². The number of morpholine rings is 1. The van der Waals surface area contributed by atoms with E-state index in [9.17, 15) is 26.7 Å². The first-order valence-corrected chi connectivity index (χ1v) is 18.2. The van der Waals surface area contributed by atoms with Gasteiger partial charge in [0.05, 0.1) is 41.3 Å². The molecule has 3 aliphatic rings. The summed E-state index contributed by atoms with van der Waals surface area (Å²) in [5.74, 6) is 0.552. The first kappa shape index (κ1) is 33.0. The zero-order valence-corrected chi connectivity index (χ0v) is 27.7. The van der Waals surface area contributed by atoms with Crippen molar-refractivity contribution in [2.45, 2.75) is 55.9 Å². The first-order valence-electron chi connectivity index (χ1n) is 16.3. The molecule has 7 rings (SSSR count). The van der Waals surface area contributed by atoms with E-state index in [1.807, 2.05) is 23.4 Å². The van der Waals surface area contributed by atoms with E-state index in [0.29, 0.717) is 56.9 Å². The van der Waals surface area contributed by atoms with Crippen molar-refractivity contribution in [3.63, 3.8) is 0 Å². The van der Waals surface area contributed by atoms with Gasteiger partial charge >= 0.3 is 6.18 Å². The Hall–Kier alpha value is -3.50. The van der Waals surface area contributed by atoms with E-state index in [4.69, 9.17) is 14.8 Å². The van der Waals surface area contributed by atoms with Crippen LogP contribution in [0.25, 0.3) is 22.2 Å². The normalized spacial score (nSPS) is 22.5. The maximum absolute atomic E-state index is 13.4. The van der Waals surface area contributed by atoms with Gasteiger partial charge in [-0.05, 0) is 31.0 Å². The van der Waals surface area contributed by atoms with Crippen LogP contribution in [-0.2, 0) is 33.7 Å². The second-order valence-corrected chi connectivity index (χ2v) is 15.3. The van der Waals surface area contributed by atoms with Gasteiger partial charge in [0.25, 0.3) is 0 Å². The van der Waals surface area contributed by atoms with Crippen LogP contribution in [0.15, 0.2) is 42.7 Å². The molecule has 2 saturated heterocycles. The summed E-state index contributed by atoms with van der Waals surface area (Å²) in [5, 5.41) is 19.6. The summed E-state index contributed by atoms with van der Waals surface area (Å²) in [5.41, 5.74) is 3.90. The van der Waals surface area contributed by atoms with Crippen LogP contribution in [0.1, 0.15) is 47.8 Å². The predicted molar refractivity (Wildman–Crippen MR) is 175 cm³/mol. The van der Waals surface area contributed by atoms with Gasteiger partial charge < -0.3 is 25.0 Å². The van der Waals surface area contributed by atoms with Gasteiger partial charge in [-0.3, -0.25) is 4.90 Å². The Labute approximate surface area is 277 Å². The number of fused-ring (bicyclic) bond motifs is 2. The van der Waals surface area contributed by atoms with E-state index < -0.39 is 39.1 Å². The highest BCUT2D eigenvalue weighted by Gasteiger charge is 2.42. The molecular weight excluding hydrogens is 647 g/mol. The van der Waals surface area contributed by atoms with E-state index in [0.717, 1.165) is 58.8 Å². The van der Waals surface area contributed by atoms with Crippen molar-refractivity contribution in [1.82, 2.24) is 30.0 Å². The molecule has 15 heteroatoms. The molecule has 0 aliphatic carbocycles. The molecule has 0 spiro atoms. The smallest absolute Gasteiger partial charge is 0.390 e. The second-order valence-electron chi connectivity index (χ2n) is 13.1. The van der Waals surface area contributed by atoms with Gasteiger partial charge in [-0.25, -0.2) is 18.1 Å². The molecule has 4 aromatic rings. The van der Waals surface area contributed by atoms with E-state index >= 15 is 0 Å². The third-order valence-electron chi connectivity index (χ3n) is 9.96. The van der Waals surface area contributed by atoms with Gasteiger partial charge in [-0.1, -0.05) is 12.1 Å². The van der Waals surface area contributed by atoms with E-state index in [2.05, 4.69) is 15.2 Å². The Morgan fingerprint density at radius 3 is 2.56 bits per heavy atom. The quantitative estimate of drug-likeness (QED) is 0.267. The molecular formula is C33H40F3N7O4S. The number of aromatic nitrogens is 4. The fraction of sp³-hybridized carbons (Fsp3) is 0.515. The molecule has 6 heterocycles. The minimum atomic E-state index is -4.45. The Morgan fingerprint density at radius 2 is 1.88 bits per heavy atom. The zero-order valence-electron chi connectivity index (χ0n) is 26.9. The third kappa shape index (κ3) is 6.22. The Morgan fingerprint density at radius 1 is 1.12 bits per heavy atom. The molecule has 0 amide bonds. The van der Waals surface area contributed by atoms with Gasteiger partial charge in [0.15, 0.2) is 9.84 Å². The molecule has 1 aromatic carbocycles. The summed E-state index contributed by atoms with van der Waals surface area (Å²) in [4.78, 5) is 12.2. The lowest BCUT2D eigenvalue weighted by Gasteiger charge is -2.43. The summed E-state index contributed by atoms with van der Waals surface area (Å²) in [6, 6.07) is 6.95. The summed E-state index contributed by atoms with van der Waals surface area (Å²) >= 11 is 0. The number of benzene rings is 1. The van der Waals surface area contributed by atoms with Gasteiger partial charge in [0.2, 0.25) is 0 Å². The van der Waals surface area contributed by atoms with Crippen molar-refractivity contribution in [3.05, 3.63) is 65.1 Å². The number of aliphatic hydroxyl groups is 1. The fourth-order valence-corrected chi connectivity index (χ4v) is 8.92. The molecule has 0 saturated carbocycles. The number of alkyl halides is 3. The standard InChI is InChI=1S/C33H40F3N7O4S/c1-20(44)32(43-28-7-9-37-16-26(28)31(40-43)21-3-5-22(6-4-21)33(34,35)36)42-10-8-23(29(19-42)48(2,45)46)24-17-38-27-15-30(39-18-25(24)27)41-11-13-47-14-12-41/h3-6,15,17-18,20,23,29,32,37-38,44H,7-14,16,19H2,1-2H3. The number of likely N-dealkylation sites (tertiary alicyclic amines) is 1. The lowest BCUT2D eigenvalue weighted by atomic mass is 9.88. The number of anilines is 1. The number of rotatable bonds is 7. The summed E-state index contributed by atoms with van der Waals surface area (Å²) in [7, 11) is -3.55. The first-order chi connectivity index (χ1) is 22.9. The molecule has 3 aliphatic heterocycles. The molecule has 0 bridgehead atoms. The predicted octanol–water partition coefficient (Wildman–Crippen LogP) is 3.71. The number of ether oxygens (including phenoxy) is 1. The summed E-state index contributed by atoms with van der Waals surface area (Å²) < 4.78 is 74.0. The Balaban J connectivity index is 1.20. The highest BCUT2D eigenvalue weighted by atomic mass is 32.2. The number of nitrogens with one attached hydrogen (secondary N) is 2. The Kier molecular flexibility index (Phi) is 8.77. The maximum Gasteiger partial charge on any atom is 0.416 e. The van der Waals surface area contributed by atoms with Gasteiger partial charge in [-0.2, -0.15) is 18.3 Å². The van der Waals surface area contributed by atoms with Crippen LogP contribution in [-0.4, -0.2) is 102 Å². The maximum atomic E-state index is 13.4.